The third-order valence-corrected chi connectivity index (χ3v) is 3.04. The number of amides is 1. The molecule has 19 heavy (non-hydrogen) atoms. The molecule has 0 heterocycles. The van der Waals surface area contributed by atoms with Gasteiger partial charge in [0, 0.05) is 26.3 Å². The first kappa shape index (κ1) is 15.9. The third-order valence-electron chi connectivity index (χ3n) is 2.40. The van der Waals surface area contributed by atoms with Gasteiger partial charge in [0.15, 0.2) is 6.10 Å². The first-order chi connectivity index (χ1) is 9.04. The van der Waals surface area contributed by atoms with Gasteiger partial charge in [-0.15, -0.1) is 0 Å². The molecule has 1 atom stereocenters. The van der Waals surface area contributed by atoms with Crippen molar-refractivity contribution in [2.75, 3.05) is 20.3 Å². The molecule has 6 heteroatoms. The number of rotatable bonds is 7. The highest BCUT2D eigenvalue weighted by Crippen LogP contribution is 2.21. The van der Waals surface area contributed by atoms with Crippen molar-refractivity contribution in [2.24, 2.45) is 0 Å². The minimum absolute atomic E-state index is 0.237. The van der Waals surface area contributed by atoms with E-state index in [9.17, 15) is 9.18 Å². The maximum Gasteiger partial charge on any atom is 0.260 e. The largest absolute Gasteiger partial charge is 0.481 e. The lowest BCUT2D eigenvalue weighted by molar-refractivity contribution is -0.127. The lowest BCUT2D eigenvalue weighted by atomic mass is 10.3. The molecule has 1 N–H and O–H groups in total. The van der Waals surface area contributed by atoms with E-state index in [1.165, 1.54) is 12.1 Å². The molecule has 0 fully saturated rings. The molecule has 1 amide bonds. The summed E-state index contributed by atoms with van der Waals surface area (Å²) >= 11 is 3.05. The summed E-state index contributed by atoms with van der Waals surface area (Å²) in [6, 6.07) is 4.37. The van der Waals surface area contributed by atoms with Crippen molar-refractivity contribution < 1.29 is 18.7 Å². The Morgan fingerprint density at radius 2 is 2.26 bits per heavy atom. The van der Waals surface area contributed by atoms with Gasteiger partial charge in [-0.05, 0) is 41.4 Å². The monoisotopic (exact) mass is 333 g/mol. The van der Waals surface area contributed by atoms with Gasteiger partial charge in [-0.3, -0.25) is 4.79 Å². The number of hydrogen-bond acceptors (Lipinski definition) is 3. The highest BCUT2D eigenvalue weighted by atomic mass is 79.9. The highest BCUT2D eigenvalue weighted by molar-refractivity contribution is 9.10. The van der Waals surface area contributed by atoms with E-state index in [1.54, 1.807) is 20.1 Å². The SMILES string of the molecule is COCCCNC(=O)C(C)Oc1ccc(Br)c(F)c1. The highest BCUT2D eigenvalue weighted by Gasteiger charge is 2.14. The second kappa shape index (κ2) is 8.12. The van der Waals surface area contributed by atoms with E-state index in [0.29, 0.717) is 23.4 Å². The van der Waals surface area contributed by atoms with Crippen molar-refractivity contribution in [2.45, 2.75) is 19.4 Å². The van der Waals surface area contributed by atoms with Gasteiger partial charge in [-0.2, -0.15) is 0 Å². The summed E-state index contributed by atoms with van der Waals surface area (Å²) < 4.78 is 23.9. The predicted molar refractivity (Wildman–Crippen MR) is 73.7 cm³/mol. The topological polar surface area (TPSA) is 47.6 Å². The Balaban J connectivity index is 2.42. The van der Waals surface area contributed by atoms with Crippen LogP contribution in [-0.4, -0.2) is 32.3 Å². The predicted octanol–water partition coefficient (Wildman–Crippen LogP) is 2.51. The van der Waals surface area contributed by atoms with Crippen LogP contribution in [0.2, 0.25) is 0 Å². The summed E-state index contributed by atoms with van der Waals surface area (Å²) in [7, 11) is 1.61. The molecule has 1 aromatic rings. The van der Waals surface area contributed by atoms with Crippen LogP contribution >= 0.6 is 15.9 Å². The molecule has 1 unspecified atom stereocenters. The molecular weight excluding hydrogens is 317 g/mol. The third kappa shape index (κ3) is 5.57. The molecule has 0 aliphatic rings. The molecule has 0 bridgehead atoms. The van der Waals surface area contributed by atoms with Crippen LogP contribution in [0.25, 0.3) is 0 Å². The summed E-state index contributed by atoms with van der Waals surface area (Å²) in [6.07, 6.45) is 0.0603. The second-order valence-electron chi connectivity index (χ2n) is 3.97. The molecule has 0 saturated carbocycles. The fraction of sp³-hybridized carbons (Fsp3) is 0.462. The van der Waals surface area contributed by atoms with Crippen molar-refractivity contribution >= 4 is 21.8 Å². The Kier molecular flexibility index (Phi) is 6.80. The van der Waals surface area contributed by atoms with Crippen molar-refractivity contribution in [1.29, 1.82) is 0 Å². The molecule has 4 nitrogen and oxygen atoms in total. The fourth-order valence-electron chi connectivity index (χ4n) is 1.38. The van der Waals surface area contributed by atoms with Crippen molar-refractivity contribution in [3.63, 3.8) is 0 Å². The van der Waals surface area contributed by atoms with E-state index in [0.717, 1.165) is 6.42 Å². The molecule has 0 aromatic heterocycles. The van der Waals surface area contributed by atoms with E-state index >= 15 is 0 Å². The molecule has 0 spiro atoms. The van der Waals surface area contributed by atoms with Crippen LogP contribution in [0.3, 0.4) is 0 Å². The number of halogens is 2. The summed E-state index contributed by atoms with van der Waals surface area (Å²) in [6.45, 7) is 2.73. The van der Waals surface area contributed by atoms with E-state index < -0.39 is 11.9 Å². The summed E-state index contributed by atoms with van der Waals surface area (Å²) in [5, 5.41) is 2.72. The van der Waals surface area contributed by atoms with Crippen LogP contribution in [0.1, 0.15) is 13.3 Å². The van der Waals surface area contributed by atoms with Crippen molar-refractivity contribution in [3.8, 4) is 5.75 Å². The van der Waals surface area contributed by atoms with Crippen LogP contribution in [0, 0.1) is 5.82 Å². The van der Waals surface area contributed by atoms with E-state index in [-0.39, 0.29) is 5.91 Å². The first-order valence-electron chi connectivity index (χ1n) is 5.93. The molecule has 0 aliphatic carbocycles. The van der Waals surface area contributed by atoms with Crippen LogP contribution in [-0.2, 0) is 9.53 Å². The average molecular weight is 334 g/mol. The minimum atomic E-state index is -0.678. The van der Waals surface area contributed by atoms with Crippen LogP contribution in [0.15, 0.2) is 22.7 Å². The first-order valence-corrected chi connectivity index (χ1v) is 6.72. The maximum atomic E-state index is 13.3. The lowest BCUT2D eigenvalue weighted by Gasteiger charge is -2.14. The number of nitrogens with one attached hydrogen (secondary N) is 1. The fourth-order valence-corrected chi connectivity index (χ4v) is 1.63. The molecule has 0 aliphatic heterocycles. The number of carbonyl (C=O) groups excluding carboxylic acids is 1. The minimum Gasteiger partial charge on any atom is -0.481 e. The summed E-state index contributed by atoms with van der Waals surface area (Å²) in [4.78, 5) is 11.7. The van der Waals surface area contributed by atoms with E-state index in [1.807, 2.05) is 0 Å². The summed E-state index contributed by atoms with van der Waals surface area (Å²) in [5.74, 6) is -0.343. The Labute approximate surface area is 120 Å². The quantitative estimate of drug-likeness (QED) is 0.780. The number of hydrogen-bond donors (Lipinski definition) is 1. The van der Waals surface area contributed by atoms with Crippen LogP contribution < -0.4 is 10.1 Å². The smallest absolute Gasteiger partial charge is 0.260 e. The number of ether oxygens (including phenoxy) is 2. The van der Waals surface area contributed by atoms with Crippen LogP contribution in [0.4, 0.5) is 4.39 Å². The Hall–Kier alpha value is -1.14. The Bertz CT molecular complexity index is 428. The second-order valence-corrected chi connectivity index (χ2v) is 4.83. The van der Waals surface area contributed by atoms with Gasteiger partial charge >= 0.3 is 0 Å². The van der Waals surface area contributed by atoms with E-state index in [2.05, 4.69) is 21.2 Å². The molecule has 0 saturated heterocycles. The number of carbonyl (C=O) groups is 1. The van der Waals surface area contributed by atoms with Crippen molar-refractivity contribution in [3.05, 3.63) is 28.5 Å². The summed E-state index contributed by atoms with van der Waals surface area (Å²) in [5.41, 5.74) is 0. The van der Waals surface area contributed by atoms with Gasteiger partial charge in [-0.1, -0.05) is 0 Å². The van der Waals surface area contributed by atoms with Gasteiger partial charge in [0.2, 0.25) is 0 Å². The number of benzene rings is 1. The number of methoxy groups -OCH3 is 1. The molecular formula is C13H17BrFNO3. The normalized spacial score (nSPS) is 12.0. The van der Waals surface area contributed by atoms with Gasteiger partial charge in [0.1, 0.15) is 11.6 Å². The zero-order valence-corrected chi connectivity index (χ0v) is 12.5. The van der Waals surface area contributed by atoms with Gasteiger partial charge < -0.3 is 14.8 Å². The van der Waals surface area contributed by atoms with Gasteiger partial charge in [0.05, 0.1) is 4.47 Å². The van der Waals surface area contributed by atoms with E-state index in [4.69, 9.17) is 9.47 Å². The van der Waals surface area contributed by atoms with Gasteiger partial charge in [0.25, 0.3) is 5.91 Å². The van der Waals surface area contributed by atoms with Crippen LogP contribution in [0.5, 0.6) is 5.75 Å². The molecule has 0 radical (unpaired) electrons. The average Bonchev–Trinajstić information content (AvgIpc) is 2.38. The zero-order chi connectivity index (χ0) is 14.3. The van der Waals surface area contributed by atoms with Gasteiger partial charge in [-0.25, -0.2) is 4.39 Å². The molecule has 1 rings (SSSR count). The maximum absolute atomic E-state index is 13.3. The zero-order valence-electron chi connectivity index (χ0n) is 10.9. The standard InChI is InChI=1S/C13H17BrFNO3/c1-9(13(17)16-6-3-7-18-2)19-10-4-5-11(14)12(15)8-10/h4-5,8-9H,3,6-7H2,1-2H3,(H,16,17). The molecule has 1 aromatic carbocycles. The van der Waals surface area contributed by atoms with Crippen molar-refractivity contribution in [1.82, 2.24) is 5.32 Å². The molecule has 106 valence electrons. The lowest BCUT2D eigenvalue weighted by Crippen LogP contribution is -2.37. The Morgan fingerprint density at radius 3 is 2.89 bits per heavy atom. The Morgan fingerprint density at radius 1 is 1.53 bits per heavy atom.